The first kappa shape index (κ1) is 23.1. The van der Waals surface area contributed by atoms with Crippen molar-refractivity contribution in [3.63, 3.8) is 0 Å². The number of carbonyl (C=O) groups excluding carboxylic acids is 1. The minimum absolute atomic E-state index is 0.0135. The van der Waals surface area contributed by atoms with Crippen LogP contribution in [0, 0.1) is 5.92 Å². The zero-order valence-corrected chi connectivity index (χ0v) is 17.0. The Bertz CT molecular complexity index is 785. The van der Waals surface area contributed by atoms with Crippen molar-refractivity contribution in [3.05, 3.63) is 53.8 Å². The average Bonchev–Trinajstić information content (AvgIpc) is 2.66. The number of alkyl halides is 3. The molecule has 0 aromatic heterocycles. The van der Waals surface area contributed by atoms with E-state index in [2.05, 4.69) is 11.7 Å². The van der Waals surface area contributed by atoms with Crippen molar-refractivity contribution in [2.75, 3.05) is 12.4 Å². The summed E-state index contributed by atoms with van der Waals surface area (Å²) in [5.74, 6) is 0.485. The molecule has 0 aliphatic heterocycles. The van der Waals surface area contributed by atoms with Crippen LogP contribution in [0.4, 0.5) is 13.2 Å². The summed E-state index contributed by atoms with van der Waals surface area (Å²) >= 11 is 1.43. The first-order chi connectivity index (χ1) is 13.8. The highest BCUT2D eigenvalue weighted by atomic mass is 32.2. The van der Waals surface area contributed by atoms with E-state index in [4.69, 9.17) is 4.84 Å². The molecule has 0 amide bonds. The number of ketones is 1. The molecule has 29 heavy (non-hydrogen) atoms. The molecule has 1 aliphatic carbocycles. The van der Waals surface area contributed by atoms with Crippen LogP contribution in [0.1, 0.15) is 38.2 Å². The number of carbonyl (C=O) groups is 1. The first-order valence-corrected chi connectivity index (χ1v) is 10.3. The third kappa shape index (κ3) is 6.66. The summed E-state index contributed by atoms with van der Waals surface area (Å²) < 4.78 is 37.8. The number of hydrogen-bond donors (Lipinski definition) is 1. The Balaban J connectivity index is 1.92. The first-order valence-electron chi connectivity index (χ1n) is 9.31. The minimum Gasteiger partial charge on any atom is -0.511 e. The molecule has 0 bridgehead atoms. The molecule has 2 rings (SSSR count). The van der Waals surface area contributed by atoms with Crippen LogP contribution in [-0.2, 0) is 15.8 Å². The van der Waals surface area contributed by atoms with E-state index in [1.54, 1.807) is 0 Å². The predicted molar refractivity (Wildman–Crippen MR) is 108 cm³/mol. The fraction of sp³-hybridized carbons (Fsp3) is 0.429. The minimum atomic E-state index is -4.34. The molecule has 0 heterocycles. The highest BCUT2D eigenvalue weighted by Gasteiger charge is 2.31. The van der Waals surface area contributed by atoms with Crippen molar-refractivity contribution in [1.82, 2.24) is 0 Å². The zero-order valence-electron chi connectivity index (χ0n) is 16.2. The van der Waals surface area contributed by atoms with Gasteiger partial charge in [-0.2, -0.15) is 13.2 Å². The summed E-state index contributed by atoms with van der Waals surface area (Å²) in [5.41, 5.74) is -0.0112. The standard InChI is InChI=1S/C21H24F3NO3S/c1-3-10-28-25-17(4-2)20-18(26)12-14(13-19(20)27)9-11-29-16-7-5-15(6-8-16)21(22,23)24/h3,5-8,14,26H,1,4,9-13H2,2H3/b25-17-. The molecule has 4 nitrogen and oxygen atoms in total. The smallest absolute Gasteiger partial charge is 0.416 e. The Labute approximate surface area is 172 Å². The number of allylic oxidation sites excluding steroid dienone is 2. The van der Waals surface area contributed by atoms with E-state index < -0.39 is 11.7 Å². The Morgan fingerprint density at radius 1 is 1.34 bits per heavy atom. The number of halogens is 3. The number of hydrogen-bond acceptors (Lipinski definition) is 5. The molecule has 1 aromatic rings. The number of aliphatic hydroxyl groups excluding tert-OH is 1. The van der Waals surface area contributed by atoms with Gasteiger partial charge in [0.15, 0.2) is 5.78 Å². The van der Waals surface area contributed by atoms with Crippen molar-refractivity contribution in [2.24, 2.45) is 11.1 Å². The van der Waals surface area contributed by atoms with Gasteiger partial charge in [0.1, 0.15) is 12.4 Å². The largest absolute Gasteiger partial charge is 0.511 e. The second-order valence-electron chi connectivity index (χ2n) is 6.65. The normalized spacial score (nSPS) is 18.1. The molecule has 158 valence electrons. The number of thioether (sulfide) groups is 1. The highest BCUT2D eigenvalue weighted by Crippen LogP contribution is 2.33. The van der Waals surface area contributed by atoms with Crippen LogP contribution < -0.4 is 0 Å². The van der Waals surface area contributed by atoms with E-state index in [0.717, 1.165) is 17.0 Å². The maximum atomic E-state index is 12.6. The van der Waals surface area contributed by atoms with Crippen LogP contribution in [0.2, 0.25) is 0 Å². The Hall–Kier alpha value is -2.22. The number of aliphatic hydroxyl groups is 1. The van der Waals surface area contributed by atoms with E-state index in [1.165, 1.54) is 30.0 Å². The molecule has 1 unspecified atom stereocenters. The average molecular weight is 427 g/mol. The van der Waals surface area contributed by atoms with E-state index in [1.807, 2.05) is 6.92 Å². The van der Waals surface area contributed by atoms with Crippen molar-refractivity contribution in [3.8, 4) is 0 Å². The lowest BCUT2D eigenvalue weighted by Gasteiger charge is -2.23. The monoisotopic (exact) mass is 427 g/mol. The predicted octanol–water partition coefficient (Wildman–Crippen LogP) is 5.95. The summed E-state index contributed by atoms with van der Waals surface area (Å²) in [4.78, 5) is 18.3. The van der Waals surface area contributed by atoms with Crippen LogP contribution >= 0.6 is 11.8 Å². The molecule has 0 saturated heterocycles. The Kier molecular flexibility index (Phi) is 8.37. The van der Waals surface area contributed by atoms with Crippen LogP contribution in [0.25, 0.3) is 0 Å². The molecule has 1 atom stereocenters. The van der Waals surface area contributed by atoms with Gasteiger partial charge in [0, 0.05) is 17.7 Å². The number of rotatable bonds is 9. The summed E-state index contributed by atoms with van der Waals surface area (Å²) in [7, 11) is 0. The summed E-state index contributed by atoms with van der Waals surface area (Å²) in [6.45, 7) is 5.57. The second kappa shape index (κ2) is 10.5. The molecule has 1 aliphatic rings. The number of nitrogens with zero attached hydrogens (tertiary/aromatic N) is 1. The van der Waals surface area contributed by atoms with Crippen LogP contribution in [0.3, 0.4) is 0 Å². The summed E-state index contributed by atoms with van der Waals surface area (Å²) in [6, 6.07) is 5.02. The molecule has 1 N–H and O–H groups in total. The van der Waals surface area contributed by atoms with Crippen LogP contribution in [-0.4, -0.2) is 29.0 Å². The molecular formula is C21H24F3NO3S. The maximum Gasteiger partial charge on any atom is 0.416 e. The SMILES string of the molecule is C=CCO/N=C(/CC)C1=C(O)CC(CCSc2ccc(C(F)(F)F)cc2)CC1=O. The van der Waals surface area contributed by atoms with Gasteiger partial charge in [-0.1, -0.05) is 24.7 Å². The molecule has 1 aromatic carbocycles. The molecule has 0 saturated carbocycles. The van der Waals surface area contributed by atoms with Crippen molar-refractivity contribution in [1.29, 1.82) is 0 Å². The maximum absolute atomic E-state index is 12.6. The summed E-state index contributed by atoms with van der Waals surface area (Å²) in [5, 5.41) is 14.3. The van der Waals surface area contributed by atoms with Crippen LogP contribution in [0.15, 0.2) is 58.3 Å². The van der Waals surface area contributed by atoms with Gasteiger partial charge < -0.3 is 9.94 Å². The molecule has 8 heteroatoms. The third-order valence-electron chi connectivity index (χ3n) is 4.49. The number of benzene rings is 1. The Morgan fingerprint density at radius 2 is 2.03 bits per heavy atom. The van der Waals surface area contributed by atoms with E-state index in [-0.39, 0.29) is 29.6 Å². The molecule has 0 spiro atoms. The summed E-state index contributed by atoms with van der Waals surface area (Å²) in [6.07, 6.45) is -1.01. The zero-order chi connectivity index (χ0) is 21.4. The molecule has 0 radical (unpaired) electrons. The molecule has 0 fully saturated rings. The lowest BCUT2D eigenvalue weighted by Crippen LogP contribution is -2.25. The van der Waals surface area contributed by atoms with E-state index >= 15 is 0 Å². The van der Waals surface area contributed by atoms with Gasteiger partial charge in [-0.15, -0.1) is 11.8 Å². The van der Waals surface area contributed by atoms with Crippen molar-refractivity contribution >= 4 is 23.3 Å². The lowest BCUT2D eigenvalue weighted by atomic mass is 9.83. The third-order valence-corrected chi connectivity index (χ3v) is 5.54. The number of Topliss-reactive ketones (excluding diaryl/α,β-unsaturated/α-hetero) is 1. The lowest BCUT2D eigenvalue weighted by molar-refractivity contribution is -0.137. The number of oxime groups is 1. The van der Waals surface area contributed by atoms with Crippen molar-refractivity contribution < 1.29 is 27.9 Å². The van der Waals surface area contributed by atoms with E-state index in [9.17, 15) is 23.1 Å². The Morgan fingerprint density at radius 3 is 2.59 bits per heavy atom. The fourth-order valence-electron chi connectivity index (χ4n) is 3.04. The quantitative estimate of drug-likeness (QED) is 0.174. The van der Waals surface area contributed by atoms with Gasteiger partial charge in [-0.25, -0.2) is 0 Å². The van der Waals surface area contributed by atoms with Gasteiger partial charge in [-0.3, -0.25) is 4.79 Å². The fourth-order valence-corrected chi connectivity index (χ4v) is 4.06. The second-order valence-corrected chi connectivity index (χ2v) is 7.82. The topological polar surface area (TPSA) is 58.9 Å². The highest BCUT2D eigenvalue weighted by molar-refractivity contribution is 7.99. The van der Waals surface area contributed by atoms with Gasteiger partial charge in [0.25, 0.3) is 0 Å². The van der Waals surface area contributed by atoms with Gasteiger partial charge in [0.2, 0.25) is 0 Å². The van der Waals surface area contributed by atoms with E-state index in [0.29, 0.717) is 37.1 Å². The van der Waals surface area contributed by atoms with Gasteiger partial charge >= 0.3 is 6.18 Å². The van der Waals surface area contributed by atoms with Crippen molar-refractivity contribution in [2.45, 2.75) is 43.7 Å². The van der Waals surface area contributed by atoms with Crippen LogP contribution in [0.5, 0.6) is 0 Å². The van der Waals surface area contributed by atoms with Gasteiger partial charge in [0.05, 0.1) is 16.8 Å². The van der Waals surface area contributed by atoms with Gasteiger partial charge in [-0.05, 0) is 48.8 Å². The molecular weight excluding hydrogens is 403 g/mol.